The van der Waals surface area contributed by atoms with Gasteiger partial charge < -0.3 is 14.6 Å². The molecule has 0 saturated heterocycles. The Labute approximate surface area is 175 Å². The van der Waals surface area contributed by atoms with Crippen LogP contribution in [0.15, 0.2) is 29.4 Å². The van der Waals surface area contributed by atoms with Crippen LogP contribution >= 0.6 is 11.8 Å². The highest BCUT2D eigenvalue weighted by Gasteiger charge is 2.43. The number of nitrogens with one attached hydrogen (secondary N) is 1. The summed E-state index contributed by atoms with van der Waals surface area (Å²) in [5.74, 6) is 0.451. The van der Waals surface area contributed by atoms with E-state index < -0.39 is 5.54 Å². The number of aromatic nitrogens is 3. The first kappa shape index (κ1) is 21.4. The fraction of sp³-hybridized carbons (Fsp3) is 0.524. The lowest BCUT2D eigenvalue weighted by Crippen LogP contribution is -2.53. The number of nitrogens with zero attached hydrogens (tertiary/aromatic N) is 3. The molecule has 1 amide bonds. The monoisotopic (exact) mass is 416 g/mol. The minimum Gasteiger partial charge on any atom is -0.464 e. The second-order valence-electron chi connectivity index (χ2n) is 7.27. The zero-order valence-corrected chi connectivity index (χ0v) is 18.1. The first-order valence-corrected chi connectivity index (χ1v) is 11.1. The van der Waals surface area contributed by atoms with Crippen molar-refractivity contribution in [2.45, 2.75) is 63.7 Å². The second-order valence-corrected chi connectivity index (χ2v) is 8.21. The summed E-state index contributed by atoms with van der Waals surface area (Å²) in [6.45, 7) is 6.86. The highest BCUT2D eigenvalue weighted by Crippen LogP contribution is 2.31. The summed E-state index contributed by atoms with van der Waals surface area (Å²) in [4.78, 5) is 25.0. The zero-order valence-electron chi connectivity index (χ0n) is 17.2. The molecule has 1 fully saturated rings. The molecule has 8 heteroatoms. The molecule has 1 heterocycles. The van der Waals surface area contributed by atoms with E-state index in [4.69, 9.17) is 4.74 Å². The number of hydrogen-bond acceptors (Lipinski definition) is 6. The third-order valence-electron chi connectivity index (χ3n) is 5.14. The molecule has 2 aromatic rings. The molecule has 7 nitrogen and oxygen atoms in total. The summed E-state index contributed by atoms with van der Waals surface area (Å²) in [7, 11) is 0. The van der Waals surface area contributed by atoms with Crippen molar-refractivity contribution in [2.24, 2.45) is 0 Å². The van der Waals surface area contributed by atoms with Crippen LogP contribution < -0.4 is 5.32 Å². The standard InChI is InChI=1S/C21H28N4O3S/c1-4-25-18(16-10-8-9-15(3)13-16)23-24-20(25)29-14-17(26)22-21(11-6-7-12-21)19(27)28-5-2/h8-10,13H,4-7,11-12,14H2,1-3H3,(H,22,26). The maximum atomic E-state index is 12.6. The van der Waals surface area contributed by atoms with Crippen LogP contribution in [0, 0.1) is 6.92 Å². The van der Waals surface area contributed by atoms with Gasteiger partial charge in [0.05, 0.1) is 12.4 Å². The molecule has 1 aliphatic carbocycles. The summed E-state index contributed by atoms with van der Waals surface area (Å²) in [5, 5.41) is 12.2. The van der Waals surface area contributed by atoms with Gasteiger partial charge in [-0.2, -0.15) is 0 Å². The number of thioether (sulfide) groups is 1. The molecule has 1 aliphatic rings. The van der Waals surface area contributed by atoms with Crippen molar-refractivity contribution >= 4 is 23.6 Å². The van der Waals surface area contributed by atoms with Gasteiger partial charge in [-0.25, -0.2) is 4.79 Å². The van der Waals surface area contributed by atoms with Gasteiger partial charge in [-0.05, 0) is 39.7 Å². The number of amides is 1. The third-order valence-corrected chi connectivity index (χ3v) is 6.11. The van der Waals surface area contributed by atoms with Gasteiger partial charge in [0.2, 0.25) is 5.91 Å². The average Bonchev–Trinajstić information content (AvgIpc) is 3.34. The van der Waals surface area contributed by atoms with Crippen molar-refractivity contribution in [3.8, 4) is 11.4 Å². The normalized spacial score (nSPS) is 15.3. The van der Waals surface area contributed by atoms with Crippen molar-refractivity contribution in [2.75, 3.05) is 12.4 Å². The summed E-state index contributed by atoms with van der Waals surface area (Å²) in [6.07, 6.45) is 3.09. The fourth-order valence-electron chi connectivity index (χ4n) is 3.74. The first-order chi connectivity index (χ1) is 14.0. The Hall–Kier alpha value is -2.35. The molecule has 1 aromatic carbocycles. The first-order valence-electron chi connectivity index (χ1n) is 10.1. The number of rotatable bonds is 8. The van der Waals surface area contributed by atoms with E-state index in [-0.39, 0.29) is 17.6 Å². The van der Waals surface area contributed by atoms with Crippen LogP contribution in [0.2, 0.25) is 0 Å². The number of ether oxygens (including phenoxy) is 1. The molecular formula is C21H28N4O3S. The van der Waals surface area contributed by atoms with Gasteiger partial charge in [0, 0.05) is 12.1 Å². The Kier molecular flexibility index (Phi) is 6.95. The van der Waals surface area contributed by atoms with Gasteiger partial charge in [0.1, 0.15) is 5.54 Å². The highest BCUT2D eigenvalue weighted by molar-refractivity contribution is 7.99. The molecule has 0 atom stereocenters. The van der Waals surface area contributed by atoms with E-state index in [0.29, 0.717) is 31.1 Å². The maximum absolute atomic E-state index is 12.6. The summed E-state index contributed by atoms with van der Waals surface area (Å²) in [6, 6.07) is 8.11. The van der Waals surface area contributed by atoms with Crippen molar-refractivity contribution < 1.29 is 14.3 Å². The molecule has 0 radical (unpaired) electrons. The van der Waals surface area contributed by atoms with Gasteiger partial charge >= 0.3 is 5.97 Å². The Bertz CT molecular complexity index is 875. The molecule has 0 unspecified atom stereocenters. The SMILES string of the molecule is CCOC(=O)C1(NC(=O)CSc2nnc(-c3cccc(C)c3)n2CC)CCCC1. The van der Waals surface area contributed by atoms with E-state index in [0.717, 1.165) is 29.8 Å². The third kappa shape index (κ3) is 4.80. The molecule has 1 aromatic heterocycles. The van der Waals surface area contributed by atoms with Crippen molar-refractivity contribution in [3.05, 3.63) is 29.8 Å². The zero-order chi connectivity index (χ0) is 20.9. The number of aryl methyl sites for hydroxylation is 1. The predicted molar refractivity (Wildman–Crippen MR) is 113 cm³/mol. The molecule has 0 aliphatic heterocycles. The van der Waals surface area contributed by atoms with E-state index in [2.05, 4.69) is 21.6 Å². The maximum Gasteiger partial charge on any atom is 0.331 e. The topological polar surface area (TPSA) is 86.1 Å². The second kappa shape index (κ2) is 9.43. The Morgan fingerprint density at radius 3 is 2.66 bits per heavy atom. The highest BCUT2D eigenvalue weighted by atomic mass is 32.2. The van der Waals surface area contributed by atoms with E-state index in [1.165, 1.54) is 11.8 Å². The van der Waals surface area contributed by atoms with Crippen molar-refractivity contribution in [3.63, 3.8) is 0 Å². The van der Waals surface area contributed by atoms with Crippen LogP contribution in [0.3, 0.4) is 0 Å². The van der Waals surface area contributed by atoms with Crippen LogP contribution in [-0.4, -0.2) is 44.5 Å². The number of esters is 1. The van der Waals surface area contributed by atoms with Crippen LogP contribution in [0.25, 0.3) is 11.4 Å². The summed E-state index contributed by atoms with van der Waals surface area (Å²) in [5.41, 5.74) is 1.28. The minimum absolute atomic E-state index is 0.174. The lowest BCUT2D eigenvalue weighted by Gasteiger charge is -2.27. The molecule has 1 N–H and O–H groups in total. The van der Waals surface area contributed by atoms with Crippen molar-refractivity contribution in [1.29, 1.82) is 0 Å². The fourth-order valence-corrected chi connectivity index (χ4v) is 4.54. The predicted octanol–water partition coefficient (Wildman–Crippen LogP) is 3.36. The summed E-state index contributed by atoms with van der Waals surface area (Å²) >= 11 is 1.33. The molecular weight excluding hydrogens is 388 g/mol. The lowest BCUT2D eigenvalue weighted by atomic mass is 9.98. The smallest absolute Gasteiger partial charge is 0.331 e. The molecule has 3 rings (SSSR count). The number of carbonyl (C=O) groups is 2. The van der Waals surface area contributed by atoms with Crippen LogP contribution in [0.1, 0.15) is 45.1 Å². The number of carbonyl (C=O) groups excluding carboxylic acids is 2. The lowest BCUT2D eigenvalue weighted by molar-refractivity contribution is -0.152. The van der Waals surface area contributed by atoms with Gasteiger partial charge in [-0.1, -0.05) is 48.4 Å². The molecule has 1 saturated carbocycles. The van der Waals surface area contributed by atoms with E-state index in [9.17, 15) is 9.59 Å². The Balaban J connectivity index is 1.68. The van der Waals surface area contributed by atoms with Crippen LogP contribution in [0.4, 0.5) is 0 Å². The minimum atomic E-state index is -0.876. The quantitative estimate of drug-likeness (QED) is 0.525. The van der Waals surface area contributed by atoms with E-state index in [1.807, 2.05) is 36.6 Å². The largest absolute Gasteiger partial charge is 0.464 e. The summed E-state index contributed by atoms with van der Waals surface area (Å²) < 4.78 is 7.21. The Morgan fingerprint density at radius 1 is 1.24 bits per heavy atom. The Morgan fingerprint density at radius 2 is 2.00 bits per heavy atom. The average molecular weight is 417 g/mol. The van der Waals surface area contributed by atoms with Crippen LogP contribution in [-0.2, 0) is 20.9 Å². The number of hydrogen-bond donors (Lipinski definition) is 1. The van der Waals surface area contributed by atoms with Gasteiger partial charge in [-0.15, -0.1) is 10.2 Å². The van der Waals surface area contributed by atoms with Gasteiger partial charge in [0.15, 0.2) is 11.0 Å². The number of benzene rings is 1. The molecule has 29 heavy (non-hydrogen) atoms. The van der Waals surface area contributed by atoms with Crippen molar-refractivity contribution in [1.82, 2.24) is 20.1 Å². The van der Waals surface area contributed by atoms with Gasteiger partial charge in [0.25, 0.3) is 0 Å². The van der Waals surface area contributed by atoms with E-state index in [1.54, 1.807) is 6.92 Å². The molecule has 156 valence electrons. The molecule has 0 bridgehead atoms. The van der Waals surface area contributed by atoms with Gasteiger partial charge in [-0.3, -0.25) is 4.79 Å². The van der Waals surface area contributed by atoms with E-state index >= 15 is 0 Å². The van der Waals surface area contributed by atoms with Crippen LogP contribution in [0.5, 0.6) is 0 Å². The molecule has 0 spiro atoms.